The Morgan fingerprint density at radius 1 is 0.212 bits per heavy atom. The Balaban J connectivity index is 0.888. The van der Waals surface area contributed by atoms with Gasteiger partial charge in [-0.25, -0.2) is 19.9 Å². The highest BCUT2D eigenvalue weighted by molar-refractivity contribution is 6.21. The van der Waals surface area contributed by atoms with Gasteiger partial charge in [-0.3, -0.25) is 0 Å². The fraction of sp³-hybridized carbons (Fsp3) is 0. The van der Waals surface area contributed by atoms with E-state index in [4.69, 9.17) is 19.9 Å². The standard InChI is InChI=1S/C62H40N4/c1-3-13-41(14-4-1)43-25-31-47(32-26-43)60-64-61(48-33-27-44(28-34-48)42-15-5-2-6-16-42)66-62(65-60)49-35-29-45(30-36-49)50-18-11-19-51(39-50)52-20-12-21-53(40-52)59-58-54-22-8-7-17-46(54)37-38-56(58)55-23-9-10-24-57(55)63-59/h1-40H. The number of pyridine rings is 1. The highest BCUT2D eigenvalue weighted by Crippen LogP contribution is 2.39. The fourth-order valence-corrected chi connectivity index (χ4v) is 9.12. The summed E-state index contributed by atoms with van der Waals surface area (Å²) in [5.41, 5.74) is 15.0. The van der Waals surface area contributed by atoms with Crippen molar-refractivity contribution in [3.8, 4) is 89.9 Å². The number of benzene rings is 10. The van der Waals surface area contributed by atoms with Gasteiger partial charge >= 0.3 is 0 Å². The normalized spacial score (nSPS) is 11.3. The molecule has 0 spiro atoms. The number of aromatic nitrogens is 4. The molecule has 0 fully saturated rings. The molecule has 0 aliphatic carbocycles. The predicted octanol–water partition coefficient (Wildman–Crippen LogP) is 16.1. The third-order valence-corrected chi connectivity index (χ3v) is 12.5. The SMILES string of the molecule is c1ccc(-c2ccc(-c3nc(-c4ccc(-c5ccccc5)cc4)nc(-c4ccc(-c5cccc(-c6cccc(-c7nc8ccccc8c8ccc9ccccc9c78)c6)c5)cc4)n3)cc2)cc1. The summed E-state index contributed by atoms with van der Waals surface area (Å²) in [5, 5.41) is 5.97. The van der Waals surface area contributed by atoms with Crippen molar-refractivity contribution < 1.29 is 0 Å². The molecule has 4 nitrogen and oxygen atoms in total. The van der Waals surface area contributed by atoms with Gasteiger partial charge in [-0.05, 0) is 78.9 Å². The van der Waals surface area contributed by atoms with Crippen molar-refractivity contribution in [1.29, 1.82) is 0 Å². The van der Waals surface area contributed by atoms with Gasteiger partial charge < -0.3 is 0 Å². The highest BCUT2D eigenvalue weighted by Gasteiger charge is 2.16. The molecule has 2 aromatic heterocycles. The van der Waals surface area contributed by atoms with Crippen molar-refractivity contribution in [2.24, 2.45) is 0 Å². The van der Waals surface area contributed by atoms with Gasteiger partial charge in [-0.1, -0.05) is 224 Å². The van der Waals surface area contributed by atoms with Crippen LogP contribution in [0.15, 0.2) is 243 Å². The first-order valence-electron chi connectivity index (χ1n) is 22.3. The Hall–Kier alpha value is -8.86. The van der Waals surface area contributed by atoms with Crippen molar-refractivity contribution in [2.45, 2.75) is 0 Å². The smallest absolute Gasteiger partial charge is 0.164 e. The molecule has 0 aliphatic heterocycles. The van der Waals surface area contributed by atoms with E-state index in [1.54, 1.807) is 0 Å². The second kappa shape index (κ2) is 16.7. The van der Waals surface area contributed by atoms with Crippen molar-refractivity contribution in [2.75, 3.05) is 0 Å². The van der Waals surface area contributed by atoms with Gasteiger partial charge in [0, 0.05) is 33.0 Å². The zero-order valence-electron chi connectivity index (χ0n) is 35.9. The Kier molecular flexibility index (Phi) is 9.81. The van der Waals surface area contributed by atoms with Crippen molar-refractivity contribution in [3.63, 3.8) is 0 Å². The Morgan fingerprint density at radius 3 is 1.14 bits per heavy atom. The van der Waals surface area contributed by atoms with E-state index >= 15 is 0 Å². The number of rotatable bonds is 8. The monoisotopic (exact) mass is 840 g/mol. The number of hydrogen-bond acceptors (Lipinski definition) is 4. The van der Waals surface area contributed by atoms with Crippen LogP contribution in [0.4, 0.5) is 0 Å². The number of fused-ring (bicyclic) bond motifs is 5. The van der Waals surface area contributed by atoms with E-state index in [2.05, 4.69) is 231 Å². The first-order valence-corrected chi connectivity index (χ1v) is 22.3. The minimum atomic E-state index is 0.619. The Morgan fingerprint density at radius 2 is 0.591 bits per heavy atom. The third-order valence-electron chi connectivity index (χ3n) is 12.5. The predicted molar refractivity (Wildman–Crippen MR) is 274 cm³/mol. The van der Waals surface area contributed by atoms with Crippen molar-refractivity contribution in [1.82, 2.24) is 19.9 Å². The summed E-state index contributed by atoms with van der Waals surface area (Å²) >= 11 is 0. The third kappa shape index (κ3) is 7.36. The van der Waals surface area contributed by atoms with E-state index in [1.165, 1.54) is 32.7 Å². The minimum Gasteiger partial charge on any atom is -0.247 e. The minimum absolute atomic E-state index is 0.619. The van der Waals surface area contributed by atoms with E-state index in [0.717, 1.165) is 72.2 Å². The number of para-hydroxylation sites is 1. The van der Waals surface area contributed by atoms with E-state index < -0.39 is 0 Å². The van der Waals surface area contributed by atoms with Crippen LogP contribution in [0, 0.1) is 0 Å². The summed E-state index contributed by atoms with van der Waals surface area (Å²) in [7, 11) is 0. The summed E-state index contributed by atoms with van der Waals surface area (Å²) in [5.74, 6) is 1.87. The topological polar surface area (TPSA) is 51.6 Å². The lowest BCUT2D eigenvalue weighted by Gasteiger charge is -2.14. The zero-order chi connectivity index (χ0) is 43.8. The van der Waals surface area contributed by atoms with Gasteiger partial charge in [0.1, 0.15) is 0 Å². The number of nitrogens with zero attached hydrogens (tertiary/aromatic N) is 4. The van der Waals surface area contributed by atoms with Gasteiger partial charge in [0.25, 0.3) is 0 Å². The molecule has 2 heterocycles. The molecule has 0 N–H and O–H groups in total. The van der Waals surface area contributed by atoms with Crippen LogP contribution >= 0.6 is 0 Å². The van der Waals surface area contributed by atoms with Gasteiger partial charge in [-0.2, -0.15) is 0 Å². The quantitative estimate of drug-likeness (QED) is 0.143. The maximum absolute atomic E-state index is 5.32. The van der Waals surface area contributed by atoms with Crippen molar-refractivity contribution in [3.05, 3.63) is 243 Å². The average molecular weight is 841 g/mol. The first kappa shape index (κ1) is 38.8. The molecule has 66 heavy (non-hydrogen) atoms. The molecule has 308 valence electrons. The first-order chi connectivity index (χ1) is 32.7. The summed E-state index contributed by atoms with van der Waals surface area (Å²) in [6, 6.07) is 85.4. The molecular formula is C62H40N4. The van der Waals surface area contributed by atoms with Crippen LogP contribution < -0.4 is 0 Å². The highest BCUT2D eigenvalue weighted by atomic mass is 15.0. The molecule has 0 unspecified atom stereocenters. The average Bonchev–Trinajstić information content (AvgIpc) is 3.41. The summed E-state index contributed by atoms with van der Waals surface area (Å²) in [4.78, 5) is 20.5. The van der Waals surface area contributed by atoms with E-state index in [0.29, 0.717) is 17.5 Å². The fourth-order valence-electron chi connectivity index (χ4n) is 9.12. The van der Waals surface area contributed by atoms with Crippen LogP contribution in [0.5, 0.6) is 0 Å². The van der Waals surface area contributed by atoms with Gasteiger partial charge in [0.05, 0.1) is 11.2 Å². The summed E-state index contributed by atoms with van der Waals surface area (Å²) in [6.45, 7) is 0. The second-order valence-electron chi connectivity index (χ2n) is 16.6. The molecule has 0 aliphatic rings. The molecule has 12 rings (SSSR count). The molecule has 10 aromatic carbocycles. The molecule has 0 saturated heterocycles. The maximum Gasteiger partial charge on any atom is 0.164 e. The molecular weight excluding hydrogens is 801 g/mol. The lowest BCUT2D eigenvalue weighted by atomic mass is 9.93. The molecule has 0 bridgehead atoms. The maximum atomic E-state index is 5.32. The van der Waals surface area contributed by atoms with Gasteiger partial charge in [0.2, 0.25) is 0 Å². The van der Waals surface area contributed by atoms with Crippen LogP contribution in [-0.4, -0.2) is 19.9 Å². The van der Waals surface area contributed by atoms with Crippen molar-refractivity contribution >= 4 is 32.4 Å². The Bertz CT molecular complexity index is 3610. The molecule has 12 aromatic rings. The van der Waals surface area contributed by atoms with Gasteiger partial charge in [-0.15, -0.1) is 0 Å². The Labute approximate surface area is 383 Å². The molecule has 0 amide bonds. The molecule has 4 heteroatoms. The summed E-state index contributed by atoms with van der Waals surface area (Å²) in [6.07, 6.45) is 0. The second-order valence-corrected chi connectivity index (χ2v) is 16.6. The molecule has 0 atom stereocenters. The number of hydrogen-bond donors (Lipinski definition) is 0. The van der Waals surface area contributed by atoms with E-state index in [9.17, 15) is 0 Å². The summed E-state index contributed by atoms with van der Waals surface area (Å²) < 4.78 is 0. The van der Waals surface area contributed by atoms with Crippen LogP contribution in [0.25, 0.3) is 122 Å². The van der Waals surface area contributed by atoms with Crippen LogP contribution in [0.1, 0.15) is 0 Å². The molecule has 0 radical (unpaired) electrons. The lowest BCUT2D eigenvalue weighted by molar-refractivity contribution is 1.07. The van der Waals surface area contributed by atoms with Crippen LogP contribution in [-0.2, 0) is 0 Å². The van der Waals surface area contributed by atoms with Crippen LogP contribution in [0.2, 0.25) is 0 Å². The molecule has 0 saturated carbocycles. The van der Waals surface area contributed by atoms with Crippen LogP contribution in [0.3, 0.4) is 0 Å². The van der Waals surface area contributed by atoms with E-state index in [1.807, 2.05) is 12.1 Å². The zero-order valence-corrected chi connectivity index (χ0v) is 35.9. The largest absolute Gasteiger partial charge is 0.247 e. The van der Waals surface area contributed by atoms with Gasteiger partial charge in [0.15, 0.2) is 17.5 Å². The lowest BCUT2D eigenvalue weighted by Crippen LogP contribution is -2.00. The van der Waals surface area contributed by atoms with E-state index in [-0.39, 0.29) is 0 Å².